The van der Waals surface area contributed by atoms with Crippen molar-refractivity contribution < 1.29 is 9.59 Å². The Bertz CT molecular complexity index is 766. The van der Waals surface area contributed by atoms with Crippen molar-refractivity contribution in [3.05, 3.63) is 35.0 Å². The number of anilines is 3. The molecule has 0 spiro atoms. The van der Waals surface area contributed by atoms with E-state index in [1.165, 1.54) is 6.92 Å². The number of H-pyrrole nitrogens is 1. The number of benzene rings is 1. The van der Waals surface area contributed by atoms with Gasteiger partial charge in [-0.2, -0.15) is 5.10 Å². The molecule has 0 fully saturated rings. The molecule has 0 unspecified atom stereocenters. The summed E-state index contributed by atoms with van der Waals surface area (Å²) in [5, 5.41) is 15.7. The number of nitrogens with zero attached hydrogens (tertiary/aromatic N) is 1. The molecule has 0 atom stereocenters. The van der Waals surface area contributed by atoms with Crippen molar-refractivity contribution in [1.29, 1.82) is 0 Å². The molecule has 0 aliphatic carbocycles. The molecule has 0 bridgehead atoms. The molecule has 23 heavy (non-hydrogen) atoms. The van der Waals surface area contributed by atoms with Gasteiger partial charge in [0.1, 0.15) is 5.69 Å². The Morgan fingerprint density at radius 1 is 1.26 bits per heavy atom. The summed E-state index contributed by atoms with van der Waals surface area (Å²) in [6.07, 6.45) is 1.82. The van der Waals surface area contributed by atoms with Crippen molar-refractivity contribution >= 4 is 29.0 Å². The van der Waals surface area contributed by atoms with Crippen LogP contribution >= 0.6 is 0 Å². The van der Waals surface area contributed by atoms with Crippen LogP contribution in [-0.4, -0.2) is 28.6 Å². The average Bonchev–Trinajstić information content (AvgIpc) is 2.94. The molecule has 1 aromatic heterocycles. The van der Waals surface area contributed by atoms with Crippen LogP contribution in [0.2, 0.25) is 0 Å². The van der Waals surface area contributed by atoms with Gasteiger partial charge in [0.05, 0.1) is 0 Å². The first kappa shape index (κ1) is 15.1. The summed E-state index contributed by atoms with van der Waals surface area (Å²) in [4.78, 5) is 23.6. The molecule has 7 nitrogen and oxygen atoms in total. The SMILES string of the molecule is CC(=O)Nc1ccc(NC(=O)c2[nH]nc3c2CCCN3)cc1C. The first-order valence-electron chi connectivity index (χ1n) is 7.55. The predicted octanol–water partition coefficient (Wildman–Crippen LogP) is 2.29. The lowest BCUT2D eigenvalue weighted by molar-refractivity contribution is -0.114. The van der Waals surface area contributed by atoms with Crippen LogP contribution in [0, 0.1) is 6.92 Å². The number of carbonyl (C=O) groups is 2. The van der Waals surface area contributed by atoms with E-state index in [0.29, 0.717) is 11.4 Å². The van der Waals surface area contributed by atoms with E-state index in [4.69, 9.17) is 0 Å². The third-order valence-corrected chi connectivity index (χ3v) is 3.79. The van der Waals surface area contributed by atoms with Gasteiger partial charge in [-0.1, -0.05) is 0 Å². The zero-order valence-corrected chi connectivity index (χ0v) is 13.1. The Balaban J connectivity index is 1.77. The number of carbonyl (C=O) groups excluding carboxylic acids is 2. The Labute approximate surface area is 133 Å². The summed E-state index contributed by atoms with van der Waals surface area (Å²) < 4.78 is 0. The minimum atomic E-state index is -0.214. The number of aryl methyl sites for hydroxylation is 1. The number of hydrogen-bond donors (Lipinski definition) is 4. The van der Waals surface area contributed by atoms with Crippen LogP contribution in [0.1, 0.15) is 35.0 Å². The van der Waals surface area contributed by atoms with Gasteiger partial charge >= 0.3 is 0 Å². The van der Waals surface area contributed by atoms with E-state index in [1.54, 1.807) is 12.1 Å². The minimum absolute atomic E-state index is 0.124. The number of aromatic amines is 1. The fourth-order valence-electron chi connectivity index (χ4n) is 2.68. The fraction of sp³-hybridized carbons (Fsp3) is 0.312. The second kappa shape index (κ2) is 6.12. The number of hydrogen-bond acceptors (Lipinski definition) is 4. The molecule has 0 saturated heterocycles. The van der Waals surface area contributed by atoms with E-state index in [2.05, 4.69) is 26.1 Å². The summed E-state index contributed by atoms with van der Waals surface area (Å²) in [7, 11) is 0. The molecule has 1 aromatic carbocycles. The number of aromatic nitrogens is 2. The van der Waals surface area contributed by atoms with Crippen molar-refractivity contribution in [2.24, 2.45) is 0 Å². The summed E-state index contributed by atoms with van der Waals surface area (Å²) >= 11 is 0. The van der Waals surface area contributed by atoms with Crippen molar-refractivity contribution in [3.63, 3.8) is 0 Å². The highest BCUT2D eigenvalue weighted by atomic mass is 16.2. The Kier molecular flexibility index (Phi) is 4.01. The fourth-order valence-corrected chi connectivity index (χ4v) is 2.68. The summed E-state index contributed by atoms with van der Waals surface area (Å²) in [6.45, 7) is 4.22. The highest BCUT2D eigenvalue weighted by molar-refractivity contribution is 6.05. The number of amides is 2. The van der Waals surface area contributed by atoms with Crippen molar-refractivity contribution in [2.45, 2.75) is 26.7 Å². The van der Waals surface area contributed by atoms with Crippen LogP contribution in [-0.2, 0) is 11.2 Å². The van der Waals surface area contributed by atoms with Gasteiger partial charge in [0.2, 0.25) is 5.91 Å². The number of fused-ring (bicyclic) bond motifs is 1. The van der Waals surface area contributed by atoms with Gasteiger partial charge in [-0.25, -0.2) is 0 Å². The first-order chi connectivity index (χ1) is 11.0. The second-order valence-corrected chi connectivity index (χ2v) is 5.62. The van der Waals surface area contributed by atoms with E-state index < -0.39 is 0 Å². The molecule has 2 amide bonds. The van der Waals surface area contributed by atoms with Crippen LogP contribution in [0.5, 0.6) is 0 Å². The molecular weight excluding hydrogens is 294 g/mol. The molecule has 2 heterocycles. The predicted molar refractivity (Wildman–Crippen MR) is 88.8 cm³/mol. The summed E-state index contributed by atoms with van der Waals surface area (Å²) in [5.41, 5.74) is 3.72. The smallest absolute Gasteiger partial charge is 0.274 e. The summed E-state index contributed by atoms with van der Waals surface area (Å²) in [6, 6.07) is 5.36. The van der Waals surface area contributed by atoms with Crippen LogP contribution in [0.3, 0.4) is 0 Å². The lowest BCUT2D eigenvalue weighted by Gasteiger charge is -2.13. The van der Waals surface area contributed by atoms with Crippen LogP contribution in [0.15, 0.2) is 18.2 Å². The zero-order valence-electron chi connectivity index (χ0n) is 13.1. The van der Waals surface area contributed by atoms with Crippen LogP contribution in [0.25, 0.3) is 0 Å². The van der Waals surface area contributed by atoms with Crippen LogP contribution < -0.4 is 16.0 Å². The summed E-state index contributed by atoms with van der Waals surface area (Å²) in [5.74, 6) is 0.425. The van der Waals surface area contributed by atoms with Gasteiger partial charge in [-0.05, 0) is 43.5 Å². The minimum Gasteiger partial charge on any atom is -0.368 e. The quantitative estimate of drug-likeness (QED) is 0.698. The zero-order chi connectivity index (χ0) is 16.4. The van der Waals surface area contributed by atoms with Crippen LogP contribution in [0.4, 0.5) is 17.2 Å². The monoisotopic (exact) mass is 313 g/mol. The third-order valence-electron chi connectivity index (χ3n) is 3.79. The van der Waals surface area contributed by atoms with Crippen molar-refractivity contribution in [3.8, 4) is 0 Å². The molecule has 7 heteroatoms. The maximum Gasteiger partial charge on any atom is 0.274 e. The lowest BCUT2D eigenvalue weighted by Crippen LogP contribution is -2.17. The number of nitrogens with one attached hydrogen (secondary N) is 4. The van der Waals surface area contributed by atoms with Gasteiger partial charge in [0, 0.05) is 30.4 Å². The molecule has 1 aliphatic rings. The van der Waals surface area contributed by atoms with E-state index in [-0.39, 0.29) is 11.8 Å². The molecule has 0 radical (unpaired) electrons. The van der Waals surface area contributed by atoms with Gasteiger partial charge in [-0.15, -0.1) is 0 Å². The molecule has 1 aliphatic heterocycles. The van der Waals surface area contributed by atoms with Gasteiger partial charge < -0.3 is 16.0 Å². The maximum absolute atomic E-state index is 12.4. The highest BCUT2D eigenvalue weighted by Gasteiger charge is 2.21. The van der Waals surface area contributed by atoms with Gasteiger partial charge in [-0.3, -0.25) is 14.7 Å². The van der Waals surface area contributed by atoms with Crippen molar-refractivity contribution in [2.75, 3.05) is 22.5 Å². The largest absolute Gasteiger partial charge is 0.368 e. The standard InChI is InChI=1S/C16H19N5O2/c1-9-8-11(5-6-13(9)18-10(2)22)19-16(23)14-12-4-3-7-17-15(12)21-20-14/h5-6,8H,3-4,7H2,1-2H3,(H,18,22)(H,19,23)(H2,17,20,21). The molecule has 4 N–H and O–H groups in total. The van der Waals surface area contributed by atoms with E-state index in [1.807, 2.05) is 13.0 Å². The Morgan fingerprint density at radius 2 is 2.09 bits per heavy atom. The van der Waals surface area contributed by atoms with E-state index in [0.717, 1.165) is 42.0 Å². The van der Waals surface area contributed by atoms with E-state index >= 15 is 0 Å². The van der Waals surface area contributed by atoms with Gasteiger partial charge in [0.25, 0.3) is 5.91 Å². The topological polar surface area (TPSA) is 98.9 Å². The number of rotatable bonds is 3. The van der Waals surface area contributed by atoms with E-state index in [9.17, 15) is 9.59 Å². The normalized spacial score (nSPS) is 13.0. The second-order valence-electron chi connectivity index (χ2n) is 5.62. The lowest BCUT2D eigenvalue weighted by atomic mass is 10.1. The molecule has 3 rings (SSSR count). The third kappa shape index (κ3) is 3.18. The average molecular weight is 313 g/mol. The molecule has 0 saturated carbocycles. The molecule has 120 valence electrons. The Hall–Kier alpha value is -2.83. The van der Waals surface area contributed by atoms with Crippen molar-refractivity contribution in [1.82, 2.24) is 10.2 Å². The molecular formula is C16H19N5O2. The highest BCUT2D eigenvalue weighted by Crippen LogP contribution is 2.24. The Morgan fingerprint density at radius 3 is 2.83 bits per heavy atom. The molecule has 2 aromatic rings. The maximum atomic E-state index is 12.4. The first-order valence-corrected chi connectivity index (χ1v) is 7.55. The van der Waals surface area contributed by atoms with Gasteiger partial charge in [0.15, 0.2) is 5.82 Å².